The Morgan fingerprint density at radius 3 is 2.58 bits per heavy atom. The van der Waals surface area contributed by atoms with E-state index in [1.807, 2.05) is 11.8 Å². The number of thioether (sulfide) groups is 1. The molecule has 3 heteroatoms. The van der Waals surface area contributed by atoms with Crippen LogP contribution in [0, 0.1) is 5.92 Å². The molecule has 0 atom stereocenters. The van der Waals surface area contributed by atoms with Crippen molar-refractivity contribution in [2.75, 3.05) is 32.0 Å². The third-order valence-corrected chi connectivity index (χ3v) is 4.95. The third kappa shape index (κ3) is 5.55. The molecule has 2 rings (SSSR count). The van der Waals surface area contributed by atoms with Crippen LogP contribution in [0.25, 0.3) is 0 Å². The summed E-state index contributed by atoms with van der Waals surface area (Å²) in [5.41, 5.74) is 1.43. The highest BCUT2D eigenvalue weighted by Gasteiger charge is 2.17. The molecule has 0 unspecified atom stereocenters. The lowest BCUT2D eigenvalue weighted by Crippen LogP contribution is -2.35. The summed E-state index contributed by atoms with van der Waals surface area (Å²) in [6.45, 7) is 3.95. The van der Waals surface area contributed by atoms with Gasteiger partial charge in [-0.1, -0.05) is 30.3 Å². The quantitative estimate of drug-likeness (QED) is 0.776. The molecule has 106 valence electrons. The zero-order chi connectivity index (χ0) is 13.3. The van der Waals surface area contributed by atoms with Crippen LogP contribution in [0.3, 0.4) is 0 Å². The van der Waals surface area contributed by atoms with Crippen LogP contribution in [0.5, 0.6) is 0 Å². The Kier molecular flexibility index (Phi) is 6.75. The number of piperidine rings is 1. The number of rotatable bonds is 7. The molecule has 1 saturated heterocycles. The molecular formula is C16H25NOS. The Hall–Kier alpha value is -0.510. The van der Waals surface area contributed by atoms with E-state index < -0.39 is 0 Å². The van der Waals surface area contributed by atoms with Crippen molar-refractivity contribution < 1.29 is 5.11 Å². The Labute approximate surface area is 121 Å². The molecule has 0 saturated carbocycles. The van der Waals surface area contributed by atoms with Crippen molar-refractivity contribution in [2.45, 2.75) is 25.0 Å². The number of hydrogen-bond donors (Lipinski definition) is 1. The smallest absolute Gasteiger partial charge is 0.0460 e. The zero-order valence-corrected chi connectivity index (χ0v) is 12.4. The Morgan fingerprint density at radius 1 is 1.16 bits per heavy atom. The van der Waals surface area contributed by atoms with E-state index in [1.54, 1.807) is 0 Å². The number of aliphatic hydroxyl groups is 1. The van der Waals surface area contributed by atoms with Crippen molar-refractivity contribution in [3.8, 4) is 0 Å². The van der Waals surface area contributed by atoms with Crippen LogP contribution >= 0.6 is 11.8 Å². The fraction of sp³-hybridized carbons (Fsp3) is 0.625. The van der Waals surface area contributed by atoms with Crippen LogP contribution < -0.4 is 0 Å². The summed E-state index contributed by atoms with van der Waals surface area (Å²) in [6, 6.07) is 10.7. The molecule has 1 aliphatic heterocycles. The van der Waals surface area contributed by atoms with Crippen LogP contribution in [-0.4, -0.2) is 42.0 Å². The summed E-state index contributed by atoms with van der Waals surface area (Å²) in [7, 11) is 0. The Bertz CT molecular complexity index is 336. The summed E-state index contributed by atoms with van der Waals surface area (Å²) < 4.78 is 0. The Balaban J connectivity index is 1.51. The molecule has 0 radical (unpaired) electrons. The second-order valence-corrected chi connectivity index (χ2v) is 6.46. The SMILES string of the molecule is OCC1CCN(CCCSCc2ccccc2)CC1. The molecule has 0 bridgehead atoms. The number of likely N-dealkylation sites (tertiary alicyclic amines) is 1. The molecule has 0 aromatic heterocycles. The van der Waals surface area contributed by atoms with Crippen molar-refractivity contribution in [3.63, 3.8) is 0 Å². The minimum atomic E-state index is 0.376. The lowest BCUT2D eigenvalue weighted by atomic mass is 9.98. The minimum absolute atomic E-state index is 0.376. The van der Waals surface area contributed by atoms with Crippen molar-refractivity contribution in [1.29, 1.82) is 0 Å². The van der Waals surface area contributed by atoms with Gasteiger partial charge in [-0.05, 0) is 56.1 Å². The molecule has 1 N–H and O–H groups in total. The van der Waals surface area contributed by atoms with Crippen LogP contribution in [0.15, 0.2) is 30.3 Å². The van der Waals surface area contributed by atoms with Gasteiger partial charge in [-0.25, -0.2) is 0 Å². The maximum absolute atomic E-state index is 9.11. The molecule has 0 aliphatic carbocycles. The van der Waals surface area contributed by atoms with Crippen molar-refractivity contribution >= 4 is 11.8 Å². The first kappa shape index (κ1) is 14.9. The van der Waals surface area contributed by atoms with Gasteiger partial charge in [0.15, 0.2) is 0 Å². The predicted octanol–water partition coefficient (Wildman–Crippen LogP) is 3.01. The van der Waals surface area contributed by atoms with Gasteiger partial charge in [0.05, 0.1) is 0 Å². The molecule has 19 heavy (non-hydrogen) atoms. The van der Waals surface area contributed by atoms with Gasteiger partial charge in [0.1, 0.15) is 0 Å². The summed E-state index contributed by atoms with van der Waals surface area (Å²) in [6.07, 6.45) is 3.63. The van der Waals surface area contributed by atoms with Crippen molar-refractivity contribution in [1.82, 2.24) is 4.90 Å². The van der Waals surface area contributed by atoms with Crippen LogP contribution in [0.2, 0.25) is 0 Å². The molecule has 1 aromatic rings. The summed E-state index contributed by atoms with van der Waals surface area (Å²) >= 11 is 2.03. The van der Waals surface area contributed by atoms with E-state index in [0.29, 0.717) is 12.5 Å². The van der Waals surface area contributed by atoms with Gasteiger partial charge in [-0.15, -0.1) is 0 Å². The monoisotopic (exact) mass is 279 g/mol. The van der Waals surface area contributed by atoms with Gasteiger partial charge in [-0.3, -0.25) is 0 Å². The largest absolute Gasteiger partial charge is 0.396 e. The lowest BCUT2D eigenvalue weighted by Gasteiger charge is -2.30. The van der Waals surface area contributed by atoms with Crippen molar-refractivity contribution in [2.24, 2.45) is 5.92 Å². The van der Waals surface area contributed by atoms with E-state index in [-0.39, 0.29) is 0 Å². The van der Waals surface area contributed by atoms with Crippen LogP contribution in [0.1, 0.15) is 24.8 Å². The normalized spacial score (nSPS) is 17.7. The van der Waals surface area contributed by atoms with Gasteiger partial charge < -0.3 is 10.0 Å². The van der Waals surface area contributed by atoms with E-state index in [0.717, 1.165) is 5.75 Å². The average molecular weight is 279 g/mol. The second-order valence-electron chi connectivity index (χ2n) is 5.36. The van der Waals surface area contributed by atoms with Gasteiger partial charge >= 0.3 is 0 Å². The highest BCUT2D eigenvalue weighted by molar-refractivity contribution is 7.98. The molecule has 1 fully saturated rings. The third-order valence-electron chi connectivity index (χ3n) is 3.84. The topological polar surface area (TPSA) is 23.5 Å². The molecule has 1 heterocycles. The zero-order valence-electron chi connectivity index (χ0n) is 11.6. The maximum Gasteiger partial charge on any atom is 0.0460 e. The lowest BCUT2D eigenvalue weighted by molar-refractivity contribution is 0.132. The fourth-order valence-electron chi connectivity index (χ4n) is 2.55. The fourth-order valence-corrected chi connectivity index (χ4v) is 3.45. The van der Waals surface area contributed by atoms with E-state index >= 15 is 0 Å². The number of aliphatic hydroxyl groups excluding tert-OH is 1. The number of nitrogens with zero attached hydrogens (tertiary/aromatic N) is 1. The van der Waals surface area contributed by atoms with Crippen molar-refractivity contribution in [3.05, 3.63) is 35.9 Å². The number of hydrogen-bond acceptors (Lipinski definition) is 3. The van der Waals surface area contributed by atoms with E-state index in [2.05, 4.69) is 35.2 Å². The second kappa shape index (κ2) is 8.62. The molecule has 1 aliphatic rings. The van der Waals surface area contributed by atoms with E-state index in [1.165, 1.54) is 50.2 Å². The molecular weight excluding hydrogens is 254 g/mol. The first-order chi connectivity index (χ1) is 9.38. The Morgan fingerprint density at radius 2 is 1.89 bits per heavy atom. The van der Waals surface area contributed by atoms with Gasteiger partial charge in [0.25, 0.3) is 0 Å². The van der Waals surface area contributed by atoms with Gasteiger partial charge in [0.2, 0.25) is 0 Å². The van der Waals surface area contributed by atoms with Gasteiger partial charge in [-0.2, -0.15) is 11.8 Å². The first-order valence-corrected chi connectivity index (χ1v) is 8.49. The molecule has 0 spiro atoms. The summed E-state index contributed by atoms with van der Waals surface area (Å²) in [5.74, 6) is 2.94. The van der Waals surface area contributed by atoms with E-state index in [4.69, 9.17) is 5.11 Å². The highest BCUT2D eigenvalue weighted by atomic mass is 32.2. The average Bonchev–Trinajstić information content (AvgIpc) is 2.49. The minimum Gasteiger partial charge on any atom is -0.396 e. The molecule has 0 amide bonds. The van der Waals surface area contributed by atoms with Crippen LogP contribution in [0.4, 0.5) is 0 Å². The van der Waals surface area contributed by atoms with Gasteiger partial charge in [0, 0.05) is 12.4 Å². The summed E-state index contributed by atoms with van der Waals surface area (Å²) in [5, 5.41) is 9.11. The predicted molar refractivity (Wildman–Crippen MR) is 83.5 cm³/mol. The van der Waals surface area contributed by atoms with Crippen LogP contribution in [-0.2, 0) is 5.75 Å². The standard InChI is InChI=1S/C16H25NOS/c18-13-15-7-10-17(11-8-15)9-4-12-19-14-16-5-2-1-3-6-16/h1-3,5-6,15,18H,4,7-14H2. The van der Waals surface area contributed by atoms with E-state index in [9.17, 15) is 0 Å². The highest BCUT2D eigenvalue weighted by Crippen LogP contribution is 2.17. The molecule has 1 aromatic carbocycles. The molecule has 2 nitrogen and oxygen atoms in total. The number of benzene rings is 1. The first-order valence-electron chi connectivity index (χ1n) is 7.33. The summed E-state index contributed by atoms with van der Waals surface area (Å²) in [4.78, 5) is 2.55. The maximum atomic E-state index is 9.11.